The maximum absolute atomic E-state index is 7.06. The summed E-state index contributed by atoms with van der Waals surface area (Å²) in [6.45, 7) is 0. The second-order valence-corrected chi connectivity index (χ2v) is 13.6. The number of aromatic nitrogens is 3. The predicted octanol–water partition coefficient (Wildman–Crippen LogP) is 13.4. The molecule has 0 fully saturated rings. The summed E-state index contributed by atoms with van der Waals surface area (Å²) in [5.41, 5.74) is 13.5. The van der Waals surface area contributed by atoms with Crippen LogP contribution >= 0.6 is 0 Å². The molecule has 0 aliphatic rings. The van der Waals surface area contributed by atoms with E-state index in [0.29, 0.717) is 5.82 Å². The van der Waals surface area contributed by atoms with Crippen molar-refractivity contribution in [3.05, 3.63) is 200 Å². The Labute approximate surface area is 319 Å². The highest BCUT2D eigenvalue weighted by Crippen LogP contribution is 2.47. The fourth-order valence-corrected chi connectivity index (χ4v) is 7.43. The highest BCUT2D eigenvalue weighted by Gasteiger charge is 2.24. The van der Waals surface area contributed by atoms with Gasteiger partial charge in [0.05, 0.1) is 16.9 Å². The molecule has 0 aliphatic carbocycles. The van der Waals surface area contributed by atoms with E-state index in [1.54, 1.807) is 0 Å². The van der Waals surface area contributed by atoms with Gasteiger partial charge < -0.3 is 4.42 Å². The molecule has 0 radical (unpaired) electrons. The summed E-state index contributed by atoms with van der Waals surface area (Å²) in [7, 11) is 0. The molecular weight excluding hydrogens is 671 g/mol. The van der Waals surface area contributed by atoms with Crippen LogP contribution in [0.5, 0.6) is 0 Å². The van der Waals surface area contributed by atoms with Gasteiger partial charge in [0, 0.05) is 44.2 Å². The fourth-order valence-electron chi connectivity index (χ4n) is 7.43. The molecule has 0 amide bonds. The Morgan fingerprint density at radius 3 is 1.55 bits per heavy atom. The molecule has 10 aromatic rings. The normalized spacial score (nSPS) is 11.3. The van der Waals surface area contributed by atoms with Crippen LogP contribution in [0.15, 0.2) is 205 Å². The van der Waals surface area contributed by atoms with Gasteiger partial charge in [-0.25, -0.2) is 15.0 Å². The van der Waals surface area contributed by atoms with Crippen LogP contribution in [-0.2, 0) is 0 Å². The lowest BCUT2D eigenvalue weighted by atomic mass is 9.94. The zero-order valence-electron chi connectivity index (χ0n) is 29.8. The van der Waals surface area contributed by atoms with Crippen LogP contribution in [0.2, 0.25) is 0 Å². The third-order valence-electron chi connectivity index (χ3n) is 10.1. The largest absolute Gasteiger partial charge is 0.453 e. The van der Waals surface area contributed by atoms with Gasteiger partial charge in [-0.15, -0.1) is 0 Å². The van der Waals surface area contributed by atoms with E-state index in [0.717, 1.165) is 89.2 Å². The van der Waals surface area contributed by atoms with E-state index in [4.69, 9.17) is 19.4 Å². The minimum atomic E-state index is 0.671. The Morgan fingerprint density at radius 2 is 0.855 bits per heavy atom. The molecule has 0 N–H and O–H groups in total. The average Bonchev–Trinajstić information content (AvgIpc) is 3.69. The molecule has 0 unspecified atom stereocenters. The Morgan fingerprint density at radius 1 is 0.345 bits per heavy atom. The number of pyridine rings is 1. The number of hydrogen-bond donors (Lipinski definition) is 0. The molecule has 7 aromatic carbocycles. The smallest absolute Gasteiger partial charge is 0.162 e. The van der Waals surface area contributed by atoms with Gasteiger partial charge in [0.2, 0.25) is 0 Å². The molecule has 3 aromatic heterocycles. The lowest BCUT2D eigenvalue weighted by Gasteiger charge is -2.11. The first-order chi connectivity index (χ1) is 27.3. The molecule has 0 spiro atoms. The van der Waals surface area contributed by atoms with Crippen LogP contribution in [-0.4, -0.2) is 15.0 Å². The van der Waals surface area contributed by atoms with Gasteiger partial charge in [-0.2, -0.15) is 0 Å². The van der Waals surface area contributed by atoms with Gasteiger partial charge in [-0.1, -0.05) is 182 Å². The summed E-state index contributed by atoms with van der Waals surface area (Å²) < 4.78 is 7.06. The molecule has 0 atom stereocenters. The van der Waals surface area contributed by atoms with Crippen LogP contribution in [0.25, 0.3) is 101 Å². The number of rotatable bonds is 7. The van der Waals surface area contributed by atoms with Crippen LogP contribution in [0.3, 0.4) is 0 Å². The summed E-state index contributed by atoms with van der Waals surface area (Å²) in [6.07, 6.45) is 0. The summed E-state index contributed by atoms with van der Waals surface area (Å²) in [6, 6.07) is 68.9. The molecular formula is C51H33N3O. The van der Waals surface area contributed by atoms with Crippen LogP contribution in [0, 0.1) is 0 Å². The highest BCUT2D eigenvalue weighted by atomic mass is 16.3. The second-order valence-electron chi connectivity index (χ2n) is 13.6. The number of furan rings is 1. The molecule has 0 aliphatic heterocycles. The van der Waals surface area contributed by atoms with Crippen molar-refractivity contribution in [3.8, 4) is 78.7 Å². The first kappa shape index (κ1) is 32.2. The minimum Gasteiger partial charge on any atom is -0.453 e. The number of benzene rings is 7. The zero-order chi connectivity index (χ0) is 36.6. The molecule has 3 heterocycles. The Kier molecular flexibility index (Phi) is 8.12. The zero-order valence-corrected chi connectivity index (χ0v) is 29.8. The Bertz CT molecular complexity index is 2940. The first-order valence-corrected chi connectivity index (χ1v) is 18.4. The second kappa shape index (κ2) is 13.8. The van der Waals surface area contributed by atoms with Crippen molar-refractivity contribution >= 4 is 21.9 Å². The Hall–Kier alpha value is -7.43. The predicted molar refractivity (Wildman–Crippen MR) is 225 cm³/mol. The molecule has 4 heteroatoms. The van der Waals surface area contributed by atoms with Gasteiger partial charge in [0.15, 0.2) is 11.4 Å². The number of hydrogen-bond acceptors (Lipinski definition) is 4. The molecule has 258 valence electrons. The molecule has 10 rings (SSSR count). The quantitative estimate of drug-likeness (QED) is 0.166. The van der Waals surface area contributed by atoms with Gasteiger partial charge in [-0.05, 0) is 34.9 Å². The van der Waals surface area contributed by atoms with Crippen molar-refractivity contribution in [1.82, 2.24) is 15.0 Å². The van der Waals surface area contributed by atoms with Gasteiger partial charge >= 0.3 is 0 Å². The first-order valence-electron chi connectivity index (χ1n) is 18.4. The average molecular weight is 704 g/mol. The summed E-state index contributed by atoms with van der Waals surface area (Å²) in [4.78, 5) is 15.4. The van der Waals surface area contributed by atoms with Gasteiger partial charge in [0.25, 0.3) is 0 Å². The molecule has 55 heavy (non-hydrogen) atoms. The van der Waals surface area contributed by atoms with Crippen molar-refractivity contribution < 1.29 is 4.42 Å². The van der Waals surface area contributed by atoms with Crippen molar-refractivity contribution in [2.75, 3.05) is 0 Å². The van der Waals surface area contributed by atoms with Crippen molar-refractivity contribution in [2.24, 2.45) is 0 Å². The molecule has 0 bridgehead atoms. The number of para-hydroxylation sites is 1. The monoisotopic (exact) mass is 703 g/mol. The highest BCUT2D eigenvalue weighted by molar-refractivity contribution is 6.18. The lowest BCUT2D eigenvalue weighted by molar-refractivity contribution is 0.632. The molecule has 4 nitrogen and oxygen atoms in total. The summed E-state index contributed by atoms with van der Waals surface area (Å²) in [5, 5.41) is 2.10. The van der Waals surface area contributed by atoms with Crippen LogP contribution in [0.1, 0.15) is 0 Å². The van der Waals surface area contributed by atoms with Gasteiger partial charge in [-0.3, -0.25) is 0 Å². The Balaban J connectivity index is 1.17. The summed E-state index contributed by atoms with van der Waals surface area (Å²) in [5.74, 6) is 1.46. The lowest BCUT2D eigenvalue weighted by Crippen LogP contribution is -1.96. The van der Waals surface area contributed by atoms with Crippen molar-refractivity contribution in [3.63, 3.8) is 0 Å². The SMILES string of the molecule is c1ccc(-c2ccc(-c3cc(-c4cccc(-c5oc6c(-c7ccccc7)nc7ccccc7c6c5-c5ccccc5)c4)nc(-c4ccccc4)n3)cc2)cc1. The van der Waals surface area contributed by atoms with Crippen molar-refractivity contribution in [2.45, 2.75) is 0 Å². The number of nitrogens with zero attached hydrogens (tertiary/aromatic N) is 3. The standard InChI is InChI=1S/C51H33N3O/c1-5-16-34(17-6-1)35-28-30-36(31-29-35)44-33-45(54-51(53-44)39-22-11-4-12-23-39)40-24-15-25-41(32-40)49-46(37-18-7-2-8-19-37)47-42-26-13-14-27-43(42)52-48(50(47)55-49)38-20-9-3-10-21-38/h1-33H. The van der Waals surface area contributed by atoms with E-state index in [1.165, 1.54) is 5.56 Å². The van der Waals surface area contributed by atoms with E-state index < -0.39 is 0 Å². The van der Waals surface area contributed by atoms with E-state index in [9.17, 15) is 0 Å². The van der Waals surface area contributed by atoms with Crippen LogP contribution < -0.4 is 0 Å². The molecule has 0 saturated heterocycles. The molecule has 0 saturated carbocycles. The fraction of sp³-hybridized carbons (Fsp3) is 0. The maximum atomic E-state index is 7.06. The maximum Gasteiger partial charge on any atom is 0.162 e. The third-order valence-corrected chi connectivity index (χ3v) is 10.1. The van der Waals surface area contributed by atoms with Crippen molar-refractivity contribution in [1.29, 1.82) is 0 Å². The minimum absolute atomic E-state index is 0.671. The van der Waals surface area contributed by atoms with E-state index in [2.05, 4.69) is 146 Å². The topological polar surface area (TPSA) is 51.8 Å². The number of fused-ring (bicyclic) bond motifs is 3. The van der Waals surface area contributed by atoms with Gasteiger partial charge in [0.1, 0.15) is 11.5 Å². The van der Waals surface area contributed by atoms with E-state index >= 15 is 0 Å². The van der Waals surface area contributed by atoms with E-state index in [-0.39, 0.29) is 0 Å². The third kappa shape index (κ3) is 6.06. The van der Waals surface area contributed by atoms with E-state index in [1.807, 2.05) is 54.6 Å². The van der Waals surface area contributed by atoms with Crippen LogP contribution in [0.4, 0.5) is 0 Å². The summed E-state index contributed by atoms with van der Waals surface area (Å²) >= 11 is 0.